The molecular weight excluding hydrogens is 407 g/mol. The second-order valence-electron chi connectivity index (χ2n) is 9.71. The maximum Gasteiger partial charge on any atom is 0.469 e. The summed E-state index contributed by atoms with van der Waals surface area (Å²) in [6.45, 7) is 28.1. The van der Waals surface area contributed by atoms with Crippen molar-refractivity contribution in [2.24, 2.45) is 0 Å². The monoisotopic (exact) mass is 447 g/mol. The summed E-state index contributed by atoms with van der Waals surface area (Å²) in [6.07, 6.45) is 3.87. The van der Waals surface area contributed by atoms with E-state index in [2.05, 4.69) is 72.1 Å². The Bertz CT molecular complexity index is 466. The average molecular weight is 448 g/mol. The Morgan fingerprint density at radius 1 is 0.852 bits per heavy atom. The lowest BCUT2D eigenvalue weighted by molar-refractivity contribution is -0.125. The van der Waals surface area contributed by atoms with Crippen LogP contribution in [0.3, 0.4) is 0 Å². The number of carbonyl (C=O) groups excluding carboxylic acids is 1. The van der Waals surface area contributed by atoms with E-state index in [0.29, 0.717) is 13.1 Å². The molecule has 0 radical (unpaired) electrons. The van der Waals surface area contributed by atoms with Gasteiger partial charge in [0, 0.05) is 19.1 Å². The molecule has 0 atom stereocenters. The molecule has 0 unspecified atom stereocenters. The summed E-state index contributed by atoms with van der Waals surface area (Å²) in [6, 6.07) is 0.726. The molecule has 0 N–H and O–H groups in total. The molecule has 0 aromatic carbocycles. The van der Waals surface area contributed by atoms with Crippen LogP contribution in [0.25, 0.3) is 0 Å². The molecule has 5 nitrogen and oxygen atoms in total. The van der Waals surface area contributed by atoms with E-state index in [1.807, 2.05) is 0 Å². The Morgan fingerprint density at radius 3 is 1.56 bits per heavy atom. The van der Waals surface area contributed by atoms with Crippen LogP contribution in [0.1, 0.15) is 6.42 Å². The average Bonchev–Trinajstić information content (AvgIpc) is 2.39. The number of carbonyl (C=O) groups is 1. The van der Waals surface area contributed by atoms with Gasteiger partial charge in [0.15, 0.2) is 25.0 Å². The van der Waals surface area contributed by atoms with E-state index in [-0.39, 0.29) is 5.91 Å². The van der Waals surface area contributed by atoms with Crippen molar-refractivity contribution in [1.82, 2.24) is 4.90 Å². The molecule has 0 heterocycles. The fourth-order valence-electron chi connectivity index (χ4n) is 2.68. The Labute approximate surface area is 171 Å². The quantitative estimate of drug-likeness (QED) is 0.225. The van der Waals surface area contributed by atoms with Gasteiger partial charge in [-0.05, 0) is 71.4 Å². The molecule has 0 spiro atoms. The molecule has 0 saturated heterocycles. The number of rotatable bonds is 13. The van der Waals surface area contributed by atoms with E-state index >= 15 is 0 Å². The lowest BCUT2D eigenvalue weighted by Crippen LogP contribution is -2.60. The lowest BCUT2D eigenvalue weighted by Gasteiger charge is -2.43. The third-order valence-corrected chi connectivity index (χ3v) is 15.2. The number of hydrogen-bond acceptors (Lipinski definition) is 4. The first kappa shape index (κ1) is 26.7. The summed E-state index contributed by atoms with van der Waals surface area (Å²) < 4.78 is 20.0. The standard InChI is InChI=1S/C18H41NO4Si4/c1-12-15-19(18(20)13-2)16-14-17-27(21-24(3,4)5,22-25(6,7)8)23-26(9,10)11/h12-13H,1-2,14-17H2,3-11H3. The molecule has 158 valence electrons. The summed E-state index contributed by atoms with van der Waals surface area (Å²) in [5, 5.41) is 0. The van der Waals surface area contributed by atoms with Crippen molar-refractivity contribution in [3.8, 4) is 0 Å². The van der Waals surface area contributed by atoms with Gasteiger partial charge in [0.1, 0.15) is 0 Å². The van der Waals surface area contributed by atoms with Gasteiger partial charge in [-0.2, -0.15) is 0 Å². The van der Waals surface area contributed by atoms with Gasteiger partial charge in [0.25, 0.3) is 0 Å². The highest BCUT2D eigenvalue weighted by Crippen LogP contribution is 2.30. The maximum atomic E-state index is 12.0. The van der Waals surface area contributed by atoms with Gasteiger partial charge in [0.05, 0.1) is 0 Å². The van der Waals surface area contributed by atoms with E-state index in [9.17, 15) is 4.79 Å². The Kier molecular flexibility index (Phi) is 10.3. The highest BCUT2D eigenvalue weighted by Gasteiger charge is 2.49. The van der Waals surface area contributed by atoms with Crippen molar-refractivity contribution in [3.63, 3.8) is 0 Å². The second kappa shape index (κ2) is 10.5. The first-order valence-electron chi connectivity index (χ1n) is 9.65. The fraction of sp³-hybridized carbons (Fsp3) is 0.722. The molecule has 9 heteroatoms. The Balaban J connectivity index is 5.55. The van der Waals surface area contributed by atoms with Crippen molar-refractivity contribution in [1.29, 1.82) is 0 Å². The van der Waals surface area contributed by atoms with Crippen LogP contribution < -0.4 is 0 Å². The zero-order valence-electron chi connectivity index (χ0n) is 19.0. The highest BCUT2D eigenvalue weighted by molar-refractivity contribution is 6.90. The summed E-state index contributed by atoms with van der Waals surface area (Å²) in [7, 11) is -8.45. The maximum absolute atomic E-state index is 12.0. The highest BCUT2D eigenvalue weighted by atomic mass is 28.5. The summed E-state index contributed by atoms with van der Waals surface area (Å²) in [4.78, 5) is 13.8. The minimum absolute atomic E-state index is 0.0782. The molecule has 0 aliphatic rings. The third kappa shape index (κ3) is 12.7. The third-order valence-electron chi connectivity index (χ3n) is 3.13. The predicted molar refractivity (Wildman–Crippen MR) is 125 cm³/mol. The largest absolute Gasteiger partial charge is 0.469 e. The SMILES string of the molecule is C=CCN(CCC[Si](O[Si](C)(C)C)(O[Si](C)(C)C)O[Si](C)(C)C)C(=O)C=C. The first-order chi connectivity index (χ1) is 12.0. The molecule has 0 aliphatic carbocycles. The predicted octanol–water partition coefficient (Wildman–Crippen LogP) is 5.07. The summed E-state index contributed by atoms with van der Waals surface area (Å²) in [5.74, 6) is -0.0782. The zero-order chi connectivity index (χ0) is 21.5. The molecule has 0 bridgehead atoms. The summed E-state index contributed by atoms with van der Waals surface area (Å²) in [5.41, 5.74) is 0. The number of hydrogen-bond donors (Lipinski definition) is 0. The van der Waals surface area contributed by atoms with Gasteiger partial charge in [-0.15, -0.1) is 6.58 Å². The molecule has 0 aliphatic heterocycles. The molecule has 1 amide bonds. The van der Waals surface area contributed by atoms with Crippen molar-refractivity contribution in [3.05, 3.63) is 25.3 Å². The molecule has 27 heavy (non-hydrogen) atoms. The van der Waals surface area contributed by atoms with Crippen molar-refractivity contribution >= 4 is 39.7 Å². The van der Waals surface area contributed by atoms with Gasteiger partial charge >= 0.3 is 8.80 Å². The van der Waals surface area contributed by atoms with E-state index in [1.54, 1.807) is 11.0 Å². The topological polar surface area (TPSA) is 48.0 Å². The van der Waals surface area contributed by atoms with E-state index in [4.69, 9.17) is 12.3 Å². The Hall–Kier alpha value is -0.302. The molecule has 0 fully saturated rings. The fourth-order valence-corrected chi connectivity index (χ4v) is 17.3. The number of nitrogens with zero attached hydrogens (tertiary/aromatic N) is 1. The smallest absolute Gasteiger partial charge is 0.417 e. The van der Waals surface area contributed by atoms with Gasteiger partial charge in [0.2, 0.25) is 5.91 Å². The summed E-state index contributed by atoms with van der Waals surface area (Å²) >= 11 is 0. The van der Waals surface area contributed by atoms with Crippen LogP contribution in [0.2, 0.25) is 65.0 Å². The van der Waals surface area contributed by atoms with Crippen LogP contribution in [-0.4, -0.2) is 57.7 Å². The van der Waals surface area contributed by atoms with Crippen molar-refractivity contribution in [2.75, 3.05) is 13.1 Å². The molecule has 0 rings (SSSR count). The second-order valence-corrected chi connectivity index (χ2v) is 26.7. The lowest BCUT2D eigenvalue weighted by atomic mass is 10.3. The number of amides is 1. The van der Waals surface area contributed by atoms with Crippen molar-refractivity contribution in [2.45, 2.75) is 71.4 Å². The van der Waals surface area contributed by atoms with E-state index in [0.717, 1.165) is 12.5 Å². The van der Waals surface area contributed by atoms with Crippen LogP contribution in [-0.2, 0) is 17.1 Å². The molecule has 0 aromatic rings. The molecule has 0 aromatic heterocycles. The van der Waals surface area contributed by atoms with Gasteiger partial charge in [-0.25, -0.2) is 0 Å². The van der Waals surface area contributed by atoms with Crippen LogP contribution in [0.15, 0.2) is 25.3 Å². The van der Waals surface area contributed by atoms with E-state index in [1.165, 1.54) is 6.08 Å². The van der Waals surface area contributed by atoms with Crippen LogP contribution in [0.4, 0.5) is 0 Å². The van der Waals surface area contributed by atoms with Crippen molar-refractivity contribution < 1.29 is 17.1 Å². The zero-order valence-corrected chi connectivity index (χ0v) is 23.0. The molecular formula is C18H41NO4Si4. The minimum Gasteiger partial charge on any atom is -0.417 e. The normalized spacial score (nSPS) is 13.4. The van der Waals surface area contributed by atoms with Gasteiger partial charge in [-0.3, -0.25) is 4.79 Å². The van der Waals surface area contributed by atoms with E-state index < -0.39 is 33.8 Å². The minimum atomic E-state index is -2.84. The Morgan fingerprint density at radius 2 is 1.26 bits per heavy atom. The van der Waals surface area contributed by atoms with Crippen LogP contribution in [0.5, 0.6) is 0 Å². The molecule has 0 saturated carbocycles. The van der Waals surface area contributed by atoms with Gasteiger partial charge in [-0.1, -0.05) is 12.7 Å². The first-order valence-corrected chi connectivity index (χ1v) is 21.8. The van der Waals surface area contributed by atoms with Gasteiger partial charge < -0.3 is 17.2 Å². The van der Waals surface area contributed by atoms with Crippen LogP contribution in [0, 0.1) is 0 Å². The van der Waals surface area contributed by atoms with Crippen LogP contribution >= 0.6 is 0 Å².